The van der Waals surface area contributed by atoms with Gasteiger partial charge in [-0.15, -0.1) is 0 Å². The molecule has 1 atom stereocenters. The Labute approximate surface area is 115 Å². The minimum Gasteiger partial charge on any atom is -0.455 e. The highest BCUT2D eigenvalue weighted by molar-refractivity contribution is 9.10. The van der Waals surface area contributed by atoms with E-state index in [2.05, 4.69) is 20.9 Å². The average molecular weight is 308 g/mol. The van der Waals surface area contributed by atoms with Gasteiger partial charge in [-0.1, -0.05) is 6.07 Å². The number of nitrogens with zero attached hydrogens (tertiary/aromatic N) is 1. The molecule has 2 aromatic rings. The fraction of sp³-hybridized carbons (Fsp3) is 0.214. The van der Waals surface area contributed by atoms with Crippen molar-refractivity contribution in [3.05, 3.63) is 52.3 Å². The third kappa shape index (κ3) is 3.09. The van der Waals surface area contributed by atoms with Gasteiger partial charge in [0.15, 0.2) is 0 Å². The number of pyridine rings is 1. The first-order valence-corrected chi connectivity index (χ1v) is 6.43. The predicted molar refractivity (Wildman–Crippen MR) is 73.8 cm³/mol. The largest absolute Gasteiger partial charge is 0.455 e. The molecule has 0 amide bonds. The Morgan fingerprint density at radius 1 is 1.28 bits per heavy atom. The molecular weight excluding hydrogens is 294 g/mol. The second kappa shape index (κ2) is 5.50. The van der Waals surface area contributed by atoms with E-state index in [0.29, 0.717) is 11.4 Å². The summed E-state index contributed by atoms with van der Waals surface area (Å²) in [5.41, 5.74) is 1.79. The molecule has 0 aliphatic rings. The number of ether oxygens (including phenoxy) is 1. The molecule has 0 bridgehead atoms. The van der Waals surface area contributed by atoms with Crippen molar-refractivity contribution in [3.8, 4) is 11.5 Å². The molecule has 0 saturated heterocycles. The lowest BCUT2D eigenvalue weighted by Gasteiger charge is -2.09. The van der Waals surface area contributed by atoms with Crippen LogP contribution < -0.4 is 4.74 Å². The number of aliphatic hydroxyl groups is 1. The van der Waals surface area contributed by atoms with Crippen molar-refractivity contribution in [2.75, 3.05) is 0 Å². The fourth-order valence-electron chi connectivity index (χ4n) is 1.51. The lowest BCUT2D eigenvalue weighted by atomic mass is 10.2. The van der Waals surface area contributed by atoms with Gasteiger partial charge in [0.1, 0.15) is 11.5 Å². The van der Waals surface area contributed by atoms with E-state index in [1.165, 1.54) is 0 Å². The monoisotopic (exact) mass is 307 g/mol. The van der Waals surface area contributed by atoms with Gasteiger partial charge in [0.2, 0.25) is 0 Å². The zero-order valence-corrected chi connectivity index (χ0v) is 11.8. The smallest absolute Gasteiger partial charge is 0.145 e. The highest BCUT2D eigenvalue weighted by atomic mass is 79.9. The lowest BCUT2D eigenvalue weighted by Crippen LogP contribution is -1.95. The Bertz CT molecular complexity index is 538. The number of halogens is 1. The first-order chi connectivity index (χ1) is 8.56. The Hall–Kier alpha value is -1.39. The van der Waals surface area contributed by atoms with Crippen LogP contribution in [0.25, 0.3) is 0 Å². The van der Waals surface area contributed by atoms with Crippen LogP contribution in [0.1, 0.15) is 24.3 Å². The summed E-state index contributed by atoms with van der Waals surface area (Å²) in [4.78, 5) is 4.13. The molecule has 1 heterocycles. The maximum absolute atomic E-state index is 9.37. The average Bonchev–Trinajstić information content (AvgIpc) is 2.33. The topological polar surface area (TPSA) is 42.4 Å². The Morgan fingerprint density at radius 2 is 2.06 bits per heavy atom. The summed E-state index contributed by atoms with van der Waals surface area (Å²) in [6, 6.07) is 9.43. The molecule has 1 N–H and O–H groups in total. The molecule has 1 aromatic carbocycles. The van der Waals surface area contributed by atoms with Crippen LogP contribution in [0.4, 0.5) is 0 Å². The van der Waals surface area contributed by atoms with E-state index in [4.69, 9.17) is 4.74 Å². The van der Waals surface area contributed by atoms with Crippen molar-refractivity contribution in [1.29, 1.82) is 0 Å². The van der Waals surface area contributed by atoms with Crippen molar-refractivity contribution >= 4 is 15.9 Å². The van der Waals surface area contributed by atoms with Gasteiger partial charge in [-0.05, 0) is 59.6 Å². The maximum atomic E-state index is 9.37. The number of hydrogen-bond acceptors (Lipinski definition) is 3. The van der Waals surface area contributed by atoms with Crippen LogP contribution in [-0.4, -0.2) is 10.1 Å². The van der Waals surface area contributed by atoms with Gasteiger partial charge in [-0.2, -0.15) is 0 Å². The van der Waals surface area contributed by atoms with Crippen molar-refractivity contribution in [3.63, 3.8) is 0 Å². The summed E-state index contributed by atoms with van der Waals surface area (Å²) in [6.45, 7) is 3.70. The molecule has 3 nitrogen and oxygen atoms in total. The summed E-state index contributed by atoms with van der Waals surface area (Å²) >= 11 is 3.46. The molecule has 2 rings (SSSR count). The van der Waals surface area contributed by atoms with E-state index in [1.807, 2.05) is 25.1 Å². The van der Waals surface area contributed by atoms with E-state index in [9.17, 15) is 5.11 Å². The molecule has 0 saturated carbocycles. The van der Waals surface area contributed by atoms with Gasteiger partial charge in [0.25, 0.3) is 0 Å². The van der Waals surface area contributed by atoms with Crippen LogP contribution in [0.2, 0.25) is 0 Å². The zero-order valence-electron chi connectivity index (χ0n) is 10.2. The van der Waals surface area contributed by atoms with Crippen LogP contribution >= 0.6 is 15.9 Å². The fourth-order valence-corrected chi connectivity index (χ4v) is 2.09. The number of aryl methyl sites for hydroxylation is 1. The molecule has 4 heteroatoms. The first-order valence-electron chi connectivity index (χ1n) is 5.64. The van der Waals surface area contributed by atoms with Crippen LogP contribution in [0.5, 0.6) is 11.5 Å². The highest BCUT2D eigenvalue weighted by Gasteiger charge is 2.05. The Morgan fingerprint density at radius 3 is 2.61 bits per heavy atom. The summed E-state index contributed by atoms with van der Waals surface area (Å²) in [5.74, 6) is 1.39. The van der Waals surface area contributed by atoms with Gasteiger partial charge in [0.05, 0.1) is 22.5 Å². The number of benzene rings is 1. The number of rotatable bonds is 3. The van der Waals surface area contributed by atoms with Crippen molar-refractivity contribution in [1.82, 2.24) is 4.98 Å². The molecule has 0 fully saturated rings. The summed E-state index contributed by atoms with van der Waals surface area (Å²) < 4.78 is 6.61. The third-order valence-corrected chi connectivity index (χ3v) is 3.12. The highest BCUT2D eigenvalue weighted by Crippen LogP contribution is 2.30. The Kier molecular flexibility index (Phi) is 3.99. The van der Waals surface area contributed by atoms with E-state index in [-0.39, 0.29) is 0 Å². The van der Waals surface area contributed by atoms with Crippen LogP contribution in [0, 0.1) is 6.92 Å². The van der Waals surface area contributed by atoms with Crippen molar-refractivity contribution in [2.24, 2.45) is 0 Å². The molecule has 0 aliphatic carbocycles. The number of hydrogen-bond donors (Lipinski definition) is 1. The predicted octanol–water partition coefficient (Wildman–Crippen LogP) is 4.00. The lowest BCUT2D eigenvalue weighted by molar-refractivity contribution is 0.194. The quantitative estimate of drug-likeness (QED) is 0.932. The summed E-state index contributed by atoms with van der Waals surface area (Å²) in [6.07, 6.45) is 1.04. The van der Waals surface area contributed by atoms with Crippen LogP contribution in [-0.2, 0) is 0 Å². The minimum atomic E-state index is -0.565. The maximum Gasteiger partial charge on any atom is 0.145 e. The first kappa shape index (κ1) is 13.1. The molecule has 94 valence electrons. The molecule has 0 aliphatic heterocycles. The molecule has 1 aromatic heterocycles. The van der Waals surface area contributed by atoms with Crippen LogP contribution in [0.3, 0.4) is 0 Å². The summed E-state index contributed by atoms with van der Waals surface area (Å²) in [7, 11) is 0. The second-order valence-electron chi connectivity index (χ2n) is 4.13. The van der Waals surface area contributed by atoms with E-state index in [0.717, 1.165) is 15.8 Å². The SMILES string of the molecule is Cc1ccc(Oc2ccc([C@H](C)O)nc2)c(Br)c1. The van der Waals surface area contributed by atoms with Crippen LogP contribution in [0.15, 0.2) is 41.0 Å². The van der Waals surface area contributed by atoms with E-state index >= 15 is 0 Å². The normalized spacial score (nSPS) is 12.2. The molecule has 0 radical (unpaired) electrons. The van der Waals surface area contributed by atoms with Gasteiger partial charge < -0.3 is 9.84 Å². The number of aromatic nitrogens is 1. The molecule has 0 unspecified atom stereocenters. The van der Waals surface area contributed by atoms with Gasteiger partial charge in [0, 0.05) is 0 Å². The second-order valence-corrected chi connectivity index (χ2v) is 4.99. The number of aliphatic hydroxyl groups excluding tert-OH is 1. The molecule has 18 heavy (non-hydrogen) atoms. The van der Waals surface area contributed by atoms with Gasteiger partial charge in [-0.25, -0.2) is 0 Å². The molecule has 0 spiro atoms. The molecular formula is C14H14BrNO2. The van der Waals surface area contributed by atoms with E-state index in [1.54, 1.807) is 25.3 Å². The third-order valence-electron chi connectivity index (χ3n) is 2.50. The standard InChI is InChI=1S/C14H14BrNO2/c1-9-3-6-14(12(15)7-9)18-11-4-5-13(10(2)17)16-8-11/h3-8,10,17H,1-2H3/t10-/m0/s1. The zero-order chi connectivity index (χ0) is 13.1. The summed E-state index contributed by atoms with van der Waals surface area (Å²) in [5, 5.41) is 9.37. The minimum absolute atomic E-state index is 0.565. The Balaban J connectivity index is 2.18. The van der Waals surface area contributed by atoms with Crippen molar-refractivity contribution < 1.29 is 9.84 Å². The van der Waals surface area contributed by atoms with Gasteiger partial charge in [-0.3, -0.25) is 4.98 Å². The van der Waals surface area contributed by atoms with Crippen molar-refractivity contribution in [2.45, 2.75) is 20.0 Å². The van der Waals surface area contributed by atoms with E-state index < -0.39 is 6.10 Å². The van der Waals surface area contributed by atoms with Gasteiger partial charge >= 0.3 is 0 Å².